The van der Waals surface area contributed by atoms with Crippen LogP contribution in [0.4, 0.5) is 11.4 Å². The van der Waals surface area contributed by atoms with Gasteiger partial charge in [0.25, 0.3) is 0 Å². The van der Waals surface area contributed by atoms with E-state index in [1.54, 1.807) is 11.9 Å². The maximum Gasteiger partial charge on any atom is 0.240 e. The molecular weight excluding hydrogens is 330 g/mol. The van der Waals surface area contributed by atoms with Crippen molar-refractivity contribution in [2.45, 2.75) is 32.6 Å². The number of carbonyl (C=O) groups is 2. The van der Waals surface area contributed by atoms with Gasteiger partial charge in [0.15, 0.2) is 0 Å². The lowest BCUT2D eigenvalue weighted by molar-refractivity contribution is -0.141. The van der Waals surface area contributed by atoms with Crippen molar-refractivity contribution in [1.82, 2.24) is 4.90 Å². The number of nitrogens with one attached hydrogen (secondary N) is 1. The first-order valence-corrected chi connectivity index (χ1v) is 9.57. The van der Waals surface area contributed by atoms with Crippen molar-refractivity contribution in [2.75, 3.05) is 50.1 Å². The van der Waals surface area contributed by atoms with E-state index >= 15 is 0 Å². The van der Waals surface area contributed by atoms with Crippen LogP contribution in [0.5, 0.6) is 0 Å². The third-order valence-corrected chi connectivity index (χ3v) is 5.29. The molecule has 6 heteroatoms. The molecule has 2 aliphatic rings. The Morgan fingerprint density at radius 2 is 1.92 bits per heavy atom. The molecule has 0 bridgehead atoms. The minimum absolute atomic E-state index is 0.0488. The van der Waals surface area contributed by atoms with E-state index < -0.39 is 5.41 Å². The smallest absolute Gasteiger partial charge is 0.240 e. The third kappa shape index (κ3) is 3.85. The van der Waals surface area contributed by atoms with Gasteiger partial charge < -0.3 is 19.9 Å². The lowest BCUT2D eigenvalue weighted by atomic mass is 10.0. The molecule has 1 aliphatic heterocycles. The van der Waals surface area contributed by atoms with Crippen LogP contribution >= 0.6 is 0 Å². The van der Waals surface area contributed by atoms with Crippen LogP contribution < -0.4 is 10.2 Å². The molecule has 3 rings (SSSR count). The summed E-state index contributed by atoms with van der Waals surface area (Å²) in [5.41, 5.74) is 0.891. The molecule has 1 heterocycles. The zero-order valence-electron chi connectivity index (χ0n) is 15.8. The van der Waals surface area contributed by atoms with E-state index in [0.717, 1.165) is 37.3 Å². The maximum atomic E-state index is 12.9. The second-order valence-corrected chi connectivity index (χ2v) is 7.23. The zero-order valence-corrected chi connectivity index (χ0v) is 15.8. The van der Waals surface area contributed by atoms with Crippen LogP contribution in [0.1, 0.15) is 32.6 Å². The lowest BCUT2D eigenvalue weighted by Gasteiger charge is -2.31. The topological polar surface area (TPSA) is 61.9 Å². The van der Waals surface area contributed by atoms with Gasteiger partial charge in [0, 0.05) is 26.7 Å². The molecule has 0 atom stereocenters. The molecule has 0 aromatic heterocycles. The van der Waals surface area contributed by atoms with Gasteiger partial charge in [-0.1, -0.05) is 25.5 Å². The van der Waals surface area contributed by atoms with Crippen molar-refractivity contribution in [1.29, 1.82) is 0 Å². The van der Waals surface area contributed by atoms with E-state index in [4.69, 9.17) is 4.74 Å². The van der Waals surface area contributed by atoms with E-state index in [2.05, 4.69) is 17.1 Å². The monoisotopic (exact) mass is 359 g/mol. The number of amides is 2. The van der Waals surface area contributed by atoms with Crippen LogP contribution in [-0.2, 0) is 14.3 Å². The van der Waals surface area contributed by atoms with E-state index in [-0.39, 0.29) is 11.8 Å². The number of hydrogen-bond acceptors (Lipinski definition) is 4. The number of nitrogens with zero attached hydrogens (tertiary/aromatic N) is 2. The van der Waals surface area contributed by atoms with Gasteiger partial charge in [0.05, 0.1) is 24.6 Å². The fourth-order valence-electron chi connectivity index (χ4n) is 3.43. The van der Waals surface area contributed by atoms with Gasteiger partial charge in [-0.3, -0.25) is 9.59 Å². The molecule has 0 unspecified atom stereocenters. The summed E-state index contributed by atoms with van der Waals surface area (Å²) in [4.78, 5) is 29.7. The van der Waals surface area contributed by atoms with E-state index in [9.17, 15) is 9.59 Å². The normalized spacial score (nSPS) is 18.3. The summed E-state index contributed by atoms with van der Waals surface area (Å²) in [6.45, 7) is 5.78. The number of hydrogen-bond donors (Lipinski definition) is 1. The van der Waals surface area contributed by atoms with Gasteiger partial charge in [-0.05, 0) is 31.4 Å². The first kappa shape index (κ1) is 18.7. The molecule has 6 nitrogen and oxygen atoms in total. The van der Waals surface area contributed by atoms with Crippen molar-refractivity contribution in [3.05, 3.63) is 24.3 Å². The molecule has 142 valence electrons. The molecular formula is C20H29N3O3. The summed E-state index contributed by atoms with van der Waals surface area (Å²) in [6.07, 6.45) is 3.26. The third-order valence-electron chi connectivity index (χ3n) is 5.29. The summed E-state index contributed by atoms with van der Waals surface area (Å²) in [5.74, 6) is -0.223. The highest BCUT2D eigenvalue weighted by molar-refractivity contribution is 6.13. The average molecular weight is 359 g/mol. The predicted octanol–water partition coefficient (Wildman–Crippen LogP) is 2.50. The molecule has 0 radical (unpaired) electrons. The number of anilines is 2. The SMILES string of the molecule is CCCCN(C)C(=O)C1(C(=O)Nc2ccccc2N2CCOCC2)CC1. The Labute approximate surface area is 155 Å². The van der Waals surface area contributed by atoms with Crippen molar-refractivity contribution in [3.8, 4) is 0 Å². The number of carbonyl (C=O) groups excluding carboxylic acids is 2. The highest BCUT2D eigenvalue weighted by atomic mass is 16.5. The number of morpholine rings is 1. The molecule has 1 N–H and O–H groups in total. The van der Waals surface area contributed by atoms with Crippen molar-refractivity contribution in [3.63, 3.8) is 0 Å². The van der Waals surface area contributed by atoms with Crippen LogP contribution in [0, 0.1) is 5.41 Å². The minimum Gasteiger partial charge on any atom is -0.378 e. The number of benzene rings is 1. The summed E-state index contributed by atoms with van der Waals surface area (Å²) in [5, 5.41) is 3.03. The highest BCUT2D eigenvalue weighted by Gasteiger charge is 2.57. The summed E-state index contributed by atoms with van der Waals surface area (Å²) >= 11 is 0. The second kappa shape index (κ2) is 8.08. The molecule has 2 amide bonds. The van der Waals surface area contributed by atoms with E-state index in [1.165, 1.54) is 0 Å². The summed E-state index contributed by atoms with van der Waals surface area (Å²) in [6, 6.07) is 7.80. The molecule has 26 heavy (non-hydrogen) atoms. The van der Waals surface area contributed by atoms with Gasteiger partial charge in [0.2, 0.25) is 11.8 Å². The van der Waals surface area contributed by atoms with Crippen LogP contribution in [0.15, 0.2) is 24.3 Å². The number of ether oxygens (including phenoxy) is 1. The van der Waals surface area contributed by atoms with Crippen LogP contribution in [0.2, 0.25) is 0 Å². The van der Waals surface area contributed by atoms with E-state index in [1.807, 2.05) is 24.3 Å². The number of rotatable bonds is 7. The Balaban J connectivity index is 1.71. The number of unbranched alkanes of at least 4 members (excludes halogenated alkanes) is 1. The Hall–Kier alpha value is -2.08. The Morgan fingerprint density at radius 3 is 2.58 bits per heavy atom. The Morgan fingerprint density at radius 1 is 1.23 bits per heavy atom. The highest BCUT2D eigenvalue weighted by Crippen LogP contribution is 2.48. The molecule has 1 saturated carbocycles. The van der Waals surface area contributed by atoms with Crippen LogP contribution in [0.25, 0.3) is 0 Å². The Bertz CT molecular complexity index is 651. The maximum absolute atomic E-state index is 12.9. The first-order chi connectivity index (χ1) is 12.6. The molecule has 1 saturated heterocycles. The van der Waals surface area contributed by atoms with Gasteiger partial charge in [-0.2, -0.15) is 0 Å². The molecule has 1 aromatic rings. The Kier molecular flexibility index (Phi) is 5.81. The second-order valence-electron chi connectivity index (χ2n) is 7.23. The van der Waals surface area contributed by atoms with Crippen molar-refractivity contribution in [2.24, 2.45) is 5.41 Å². The zero-order chi connectivity index (χ0) is 18.6. The van der Waals surface area contributed by atoms with Crippen molar-refractivity contribution >= 4 is 23.2 Å². The average Bonchev–Trinajstić information content (AvgIpc) is 3.48. The molecule has 1 aliphatic carbocycles. The largest absolute Gasteiger partial charge is 0.378 e. The fourth-order valence-corrected chi connectivity index (χ4v) is 3.43. The van der Waals surface area contributed by atoms with Gasteiger partial charge >= 0.3 is 0 Å². The van der Waals surface area contributed by atoms with Gasteiger partial charge in [-0.25, -0.2) is 0 Å². The minimum atomic E-state index is -0.874. The van der Waals surface area contributed by atoms with E-state index in [0.29, 0.717) is 32.6 Å². The van der Waals surface area contributed by atoms with Gasteiger partial charge in [-0.15, -0.1) is 0 Å². The predicted molar refractivity (Wildman–Crippen MR) is 102 cm³/mol. The quantitative estimate of drug-likeness (QED) is 0.760. The summed E-state index contributed by atoms with van der Waals surface area (Å²) < 4.78 is 5.42. The molecule has 2 fully saturated rings. The fraction of sp³-hybridized carbons (Fsp3) is 0.600. The van der Waals surface area contributed by atoms with Crippen LogP contribution in [0.3, 0.4) is 0 Å². The first-order valence-electron chi connectivity index (χ1n) is 9.57. The van der Waals surface area contributed by atoms with Gasteiger partial charge in [0.1, 0.15) is 5.41 Å². The number of para-hydroxylation sites is 2. The molecule has 1 aromatic carbocycles. The lowest BCUT2D eigenvalue weighted by Crippen LogP contribution is -2.42. The standard InChI is InChI=1S/C20H29N3O3/c1-3-4-11-22(2)19(25)20(9-10-20)18(24)21-16-7-5-6-8-17(16)23-12-14-26-15-13-23/h5-8H,3-4,9-15H2,1-2H3,(H,21,24). The summed E-state index contributed by atoms with van der Waals surface area (Å²) in [7, 11) is 1.80. The van der Waals surface area contributed by atoms with Crippen LogP contribution in [-0.4, -0.2) is 56.6 Å². The van der Waals surface area contributed by atoms with Crippen molar-refractivity contribution < 1.29 is 14.3 Å². The molecule has 0 spiro atoms.